The predicted octanol–water partition coefficient (Wildman–Crippen LogP) is 4.95. The van der Waals surface area contributed by atoms with E-state index in [0.717, 1.165) is 5.56 Å². The fourth-order valence-electron chi connectivity index (χ4n) is 2.95. The third-order valence-corrected chi connectivity index (χ3v) is 4.70. The summed E-state index contributed by atoms with van der Waals surface area (Å²) in [5.74, 6) is 1.01. The molecule has 0 saturated carbocycles. The van der Waals surface area contributed by atoms with Crippen LogP contribution in [0, 0.1) is 0 Å². The first-order valence-corrected chi connectivity index (χ1v) is 9.41. The highest BCUT2D eigenvalue weighted by Crippen LogP contribution is 2.28. The maximum Gasteiger partial charge on any atom is 0.213 e. The lowest BCUT2D eigenvalue weighted by Crippen LogP contribution is -2.11. The molecule has 2 aromatic heterocycles. The number of benzene rings is 2. The molecule has 0 spiro atoms. The quantitative estimate of drug-likeness (QED) is 0.346. The number of aromatic nitrogens is 4. The number of hydrogen-bond acceptors (Lipinski definition) is 4. The highest BCUT2D eigenvalue weighted by Gasteiger charge is 2.22. The second-order valence-electron chi connectivity index (χ2n) is 5.98. The number of alkyl halides is 1. The van der Waals surface area contributed by atoms with Crippen LogP contribution >= 0.6 is 23.2 Å². The summed E-state index contributed by atoms with van der Waals surface area (Å²) in [4.78, 5) is 17.3. The minimum atomic E-state index is -0.244. The van der Waals surface area contributed by atoms with Crippen LogP contribution in [-0.4, -0.2) is 25.5 Å². The molecule has 7 heteroatoms. The molecule has 0 aliphatic heterocycles. The molecule has 2 aromatic carbocycles. The second-order valence-corrected chi connectivity index (χ2v) is 6.68. The molecule has 2 heterocycles. The van der Waals surface area contributed by atoms with Crippen LogP contribution in [0.2, 0.25) is 5.02 Å². The van der Waals surface area contributed by atoms with Gasteiger partial charge in [-0.3, -0.25) is 14.3 Å². The zero-order valence-electron chi connectivity index (χ0n) is 14.6. The minimum absolute atomic E-state index is 0.139. The van der Waals surface area contributed by atoms with Crippen molar-refractivity contribution < 1.29 is 4.79 Å². The Morgan fingerprint density at radius 2 is 1.75 bits per heavy atom. The number of pyridine rings is 1. The van der Waals surface area contributed by atoms with Crippen LogP contribution in [-0.2, 0) is 5.88 Å². The Morgan fingerprint density at radius 1 is 0.964 bits per heavy atom. The normalized spacial score (nSPS) is 10.8. The summed E-state index contributed by atoms with van der Waals surface area (Å²) < 4.78 is 1.79. The molecule has 0 radical (unpaired) electrons. The van der Waals surface area contributed by atoms with Gasteiger partial charge in [0.1, 0.15) is 5.69 Å². The predicted molar refractivity (Wildman–Crippen MR) is 109 cm³/mol. The molecule has 4 rings (SSSR count). The third kappa shape index (κ3) is 3.42. The van der Waals surface area contributed by atoms with Gasteiger partial charge in [0.2, 0.25) is 5.78 Å². The topological polar surface area (TPSA) is 60.7 Å². The van der Waals surface area contributed by atoms with Crippen molar-refractivity contribution in [2.24, 2.45) is 0 Å². The number of nitrogens with zero attached hydrogens (tertiary/aromatic N) is 4. The third-order valence-electron chi connectivity index (χ3n) is 4.22. The van der Waals surface area contributed by atoms with Gasteiger partial charge in [0.25, 0.3) is 0 Å². The van der Waals surface area contributed by atoms with Crippen LogP contribution in [0.4, 0.5) is 0 Å². The van der Waals surface area contributed by atoms with Crippen LogP contribution in [0.15, 0.2) is 72.9 Å². The Bertz CT molecular complexity index is 1130. The van der Waals surface area contributed by atoms with E-state index in [1.54, 1.807) is 47.2 Å². The lowest BCUT2D eigenvalue weighted by atomic mass is 10.0. The summed E-state index contributed by atoms with van der Waals surface area (Å²) in [6, 6.07) is 19.9. The zero-order valence-corrected chi connectivity index (χ0v) is 16.1. The van der Waals surface area contributed by atoms with Gasteiger partial charge in [-0.1, -0.05) is 48.0 Å². The Balaban J connectivity index is 1.94. The van der Waals surface area contributed by atoms with Gasteiger partial charge in [-0.05, 0) is 30.3 Å². The number of carbonyl (C=O) groups is 1. The number of rotatable bonds is 5. The second kappa shape index (κ2) is 7.92. The number of halogens is 2. The molecule has 138 valence electrons. The van der Waals surface area contributed by atoms with E-state index in [-0.39, 0.29) is 11.7 Å². The van der Waals surface area contributed by atoms with Gasteiger partial charge in [0, 0.05) is 22.3 Å². The molecule has 0 atom stereocenters. The zero-order chi connectivity index (χ0) is 19.5. The van der Waals surface area contributed by atoms with E-state index in [1.165, 1.54) is 0 Å². The van der Waals surface area contributed by atoms with Crippen LogP contribution in [0.25, 0.3) is 17.1 Å². The summed E-state index contributed by atoms with van der Waals surface area (Å²) in [6.07, 6.45) is 1.58. The first kappa shape index (κ1) is 18.3. The molecule has 0 fully saturated rings. The average molecular weight is 409 g/mol. The van der Waals surface area contributed by atoms with Gasteiger partial charge in [0.05, 0.1) is 11.6 Å². The fourth-order valence-corrected chi connectivity index (χ4v) is 3.30. The lowest BCUT2D eigenvalue weighted by Gasteiger charge is -2.14. The minimum Gasteiger partial charge on any atom is -0.287 e. The van der Waals surface area contributed by atoms with Crippen LogP contribution in [0.1, 0.15) is 21.9 Å². The van der Waals surface area contributed by atoms with E-state index < -0.39 is 0 Å². The molecule has 28 heavy (non-hydrogen) atoms. The van der Waals surface area contributed by atoms with E-state index in [4.69, 9.17) is 23.2 Å². The molecule has 0 amide bonds. The van der Waals surface area contributed by atoms with Crippen LogP contribution in [0.5, 0.6) is 0 Å². The molecule has 0 bridgehead atoms. The number of ketones is 1. The fraction of sp³-hybridized carbons (Fsp3) is 0.0476. The maximum absolute atomic E-state index is 13.2. The number of hydrogen-bond donors (Lipinski definition) is 0. The van der Waals surface area contributed by atoms with Gasteiger partial charge in [0.15, 0.2) is 11.6 Å². The van der Waals surface area contributed by atoms with E-state index in [9.17, 15) is 4.79 Å². The van der Waals surface area contributed by atoms with Crippen molar-refractivity contribution >= 4 is 29.0 Å². The van der Waals surface area contributed by atoms with Gasteiger partial charge in [-0.2, -0.15) is 0 Å². The highest BCUT2D eigenvalue weighted by atomic mass is 35.5. The van der Waals surface area contributed by atoms with Gasteiger partial charge in [-0.25, -0.2) is 0 Å². The van der Waals surface area contributed by atoms with Crippen molar-refractivity contribution in [2.75, 3.05) is 0 Å². The van der Waals surface area contributed by atoms with E-state index in [1.807, 2.05) is 30.3 Å². The Labute approximate surface area is 171 Å². The van der Waals surface area contributed by atoms with Gasteiger partial charge < -0.3 is 0 Å². The van der Waals surface area contributed by atoms with Crippen molar-refractivity contribution in [1.29, 1.82) is 0 Å². The van der Waals surface area contributed by atoms with Crippen LogP contribution < -0.4 is 0 Å². The Kier molecular flexibility index (Phi) is 5.19. The molecule has 0 unspecified atom stereocenters. The summed E-state index contributed by atoms with van der Waals surface area (Å²) in [6.45, 7) is 0. The summed E-state index contributed by atoms with van der Waals surface area (Å²) in [7, 11) is 0. The smallest absolute Gasteiger partial charge is 0.213 e. The molecule has 0 saturated heterocycles. The molecule has 0 aliphatic rings. The molecule has 5 nitrogen and oxygen atoms in total. The summed E-state index contributed by atoms with van der Waals surface area (Å²) >= 11 is 12.3. The Morgan fingerprint density at radius 3 is 2.46 bits per heavy atom. The molecule has 4 aromatic rings. The monoisotopic (exact) mass is 408 g/mol. The lowest BCUT2D eigenvalue weighted by molar-refractivity contribution is 0.103. The maximum atomic E-state index is 13.2. The van der Waals surface area contributed by atoms with E-state index in [0.29, 0.717) is 33.6 Å². The van der Waals surface area contributed by atoms with Crippen molar-refractivity contribution in [3.05, 3.63) is 95.0 Å². The highest BCUT2D eigenvalue weighted by molar-refractivity contribution is 6.31. The van der Waals surface area contributed by atoms with Crippen molar-refractivity contribution in [2.45, 2.75) is 5.88 Å². The largest absolute Gasteiger partial charge is 0.287 e. The van der Waals surface area contributed by atoms with E-state index >= 15 is 0 Å². The van der Waals surface area contributed by atoms with Gasteiger partial charge >= 0.3 is 0 Å². The van der Waals surface area contributed by atoms with Crippen molar-refractivity contribution in [3.8, 4) is 17.1 Å². The Hall–Kier alpha value is -3.02. The molecule has 0 N–H and O–H groups in total. The summed E-state index contributed by atoms with van der Waals surface area (Å²) in [5, 5.41) is 8.95. The SMILES string of the molecule is O=C(c1ccccn1)c1cc(Cl)ccc1-n1c(CCl)nnc1-c1ccccc1. The average Bonchev–Trinajstić information content (AvgIpc) is 3.18. The number of carbonyl (C=O) groups excluding carboxylic acids is 1. The molecular formula is C21H14Cl2N4O. The van der Waals surface area contributed by atoms with Crippen molar-refractivity contribution in [3.63, 3.8) is 0 Å². The molecule has 0 aliphatic carbocycles. The van der Waals surface area contributed by atoms with Crippen molar-refractivity contribution in [1.82, 2.24) is 19.7 Å². The first-order valence-electron chi connectivity index (χ1n) is 8.50. The van der Waals surface area contributed by atoms with E-state index in [2.05, 4.69) is 15.2 Å². The molecular weight excluding hydrogens is 395 g/mol. The standard InChI is InChI=1S/C21H14Cl2N4O/c22-13-19-25-26-21(14-6-2-1-3-7-14)27(19)18-10-9-15(23)12-16(18)20(28)17-8-4-5-11-24-17/h1-12H,13H2. The van der Waals surface area contributed by atoms with Gasteiger partial charge in [-0.15, -0.1) is 21.8 Å². The first-order chi connectivity index (χ1) is 13.7. The van der Waals surface area contributed by atoms with Crippen LogP contribution in [0.3, 0.4) is 0 Å². The summed E-state index contributed by atoms with van der Waals surface area (Å²) in [5.41, 5.74) is 2.18.